The summed E-state index contributed by atoms with van der Waals surface area (Å²) < 4.78 is 0. The number of nitrogens with zero attached hydrogens (tertiary/aromatic N) is 2. The Morgan fingerprint density at radius 1 is 1.33 bits per heavy atom. The average molecular weight is 331 g/mol. The summed E-state index contributed by atoms with van der Waals surface area (Å²) in [6, 6.07) is 5.95. The summed E-state index contributed by atoms with van der Waals surface area (Å²) in [6.45, 7) is 8.59. The van der Waals surface area contributed by atoms with Gasteiger partial charge in [0, 0.05) is 19.3 Å². The van der Waals surface area contributed by atoms with E-state index in [4.69, 9.17) is 0 Å². The highest BCUT2D eigenvalue weighted by Gasteiger charge is 2.21. The minimum Gasteiger partial charge on any atom is -0.335 e. The largest absolute Gasteiger partial charge is 0.335 e. The minimum absolute atomic E-state index is 0.000198. The Kier molecular flexibility index (Phi) is 6.37. The highest BCUT2D eigenvalue weighted by Crippen LogP contribution is 2.17. The molecule has 5 nitrogen and oxygen atoms in total. The maximum Gasteiger partial charge on any atom is 0.243 e. The lowest BCUT2D eigenvalue weighted by Crippen LogP contribution is -2.44. The molecular weight excluding hydrogens is 302 g/mol. The van der Waals surface area contributed by atoms with Crippen LogP contribution in [0.4, 0.5) is 5.69 Å². The number of rotatable bonds is 5. The lowest BCUT2D eigenvalue weighted by atomic mass is 10.0. The predicted octanol–water partition coefficient (Wildman–Crippen LogP) is 2.43. The Balaban J connectivity index is 1.84. The van der Waals surface area contributed by atoms with E-state index in [1.807, 2.05) is 32.0 Å². The number of likely N-dealkylation sites (tertiary alicyclic amines) is 1. The van der Waals surface area contributed by atoms with Crippen molar-refractivity contribution in [3.8, 4) is 0 Å². The van der Waals surface area contributed by atoms with Crippen LogP contribution in [0.15, 0.2) is 18.2 Å². The number of carbonyl (C=O) groups excluding carboxylic acids is 2. The maximum atomic E-state index is 12.3. The standard InChI is InChI=1S/C19H29N3O2/c1-14-7-8-16(3)17(10-14)20-18(23)12-21(4)19(24)13-22-9-5-6-15(2)11-22/h7-8,10,15H,5-6,9,11-13H2,1-4H3,(H,20,23)/t15-/m0/s1. The number of hydrogen-bond acceptors (Lipinski definition) is 3. The van der Waals surface area contributed by atoms with Gasteiger partial charge in [-0.25, -0.2) is 0 Å². The van der Waals surface area contributed by atoms with Gasteiger partial charge in [-0.15, -0.1) is 0 Å². The second-order valence-corrected chi connectivity index (χ2v) is 7.10. The van der Waals surface area contributed by atoms with Crippen LogP contribution in [0, 0.1) is 19.8 Å². The number of nitrogens with one attached hydrogen (secondary N) is 1. The van der Waals surface area contributed by atoms with Gasteiger partial charge in [-0.3, -0.25) is 14.5 Å². The number of carbonyl (C=O) groups is 2. The molecule has 24 heavy (non-hydrogen) atoms. The van der Waals surface area contributed by atoms with E-state index in [9.17, 15) is 9.59 Å². The van der Waals surface area contributed by atoms with E-state index in [2.05, 4.69) is 17.1 Å². The predicted molar refractivity (Wildman–Crippen MR) is 97.0 cm³/mol. The van der Waals surface area contributed by atoms with Crippen LogP contribution in [0.2, 0.25) is 0 Å². The molecule has 1 aromatic carbocycles. The molecule has 1 atom stereocenters. The van der Waals surface area contributed by atoms with Crippen LogP contribution in [-0.4, -0.2) is 54.8 Å². The quantitative estimate of drug-likeness (QED) is 0.901. The summed E-state index contributed by atoms with van der Waals surface area (Å²) in [5.74, 6) is 0.483. The van der Waals surface area contributed by atoms with Gasteiger partial charge in [0.1, 0.15) is 0 Å². The summed E-state index contributed by atoms with van der Waals surface area (Å²) in [7, 11) is 1.69. The fourth-order valence-electron chi connectivity index (χ4n) is 3.11. The van der Waals surface area contributed by atoms with Gasteiger partial charge in [0.15, 0.2) is 0 Å². The Morgan fingerprint density at radius 3 is 2.79 bits per heavy atom. The highest BCUT2D eigenvalue weighted by molar-refractivity contribution is 5.95. The van der Waals surface area contributed by atoms with Crippen molar-refractivity contribution < 1.29 is 9.59 Å². The fourth-order valence-corrected chi connectivity index (χ4v) is 3.11. The van der Waals surface area contributed by atoms with Gasteiger partial charge in [0.25, 0.3) is 0 Å². The molecule has 0 aliphatic carbocycles. The van der Waals surface area contributed by atoms with Crippen molar-refractivity contribution in [2.24, 2.45) is 5.92 Å². The molecule has 1 aromatic rings. The maximum absolute atomic E-state index is 12.3. The number of likely N-dealkylation sites (N-methyl/N-ethyl adjacent to an activating group) is 1. The summed E-state index contributed by atoms with van der Waals surface area (Å²) in [4.78, 5) is 28.3. The van der Waals surface area contributed by atoms with Gasteiger partial charge in [0.2, 0.25) is 11.8 Å². The van der Waals surface area contributed by atoms with E-state index >= 15 is 0 Å². The van der Waals surface area contributed by atoms with Crippen molar-refractivity contribution in [3.63, 3.8) is 0 Å². The molecule has 2 amide bonds. The van der Waals surface area contributed by atoms with Crippen LogP contribution in [0.3, 0.4) is 0 Å². The first-order valence-corrected chi connectivity index (χ1v) is 8.68. The molecule has 0 saturated carbocycles. The van der Waals surface area contributed by atoms with Crippen molar-refractivity contribution in [2.45, 2.75) is 33.6 Å². The average Bonchev–Trinajstić information content (AvgIpc) is 2.50. The molecule has 1 aliphatic rings. The monoisotopic (exact) mass is 331 g/mol. The SMILES string of the molecule is Cc1ccc(C)c(NC(=O)CN(C)C(=O)CN2CCC[C@H](C)C2)c1. The zero-order chi connectivity index (χ0) is 17.7. The molecule has 1 saturated heterocycles. The molecular formula is C19H29N3O2. The van der Waals surface area contributed by atoms with E-state index in [0.717, 1.165) is 36.3 Å². The van der Waals surface area contributed by atoms with Crippen LogP contribution in [0.25, 0.3) is 0 Å². The Bertz CT molecular complexity index is 600. The fraction of sp³-hybridized carbons (Fsp3) is 0.579. The molecule has 132 valence electrons. The van der Waals surface area contributed by atoms with Gasteiger partial charge in [-0.05, 0) is 56.3 Å². The van der Waals surface area contributed by atoms with Crippen molar-refractivity contribution >= 4 is 17.5 Å². The topological polar surface area (TPSA) is 52.7 Å². The van der Waals surface area contributed by atoms with Crippen LogP contribution in [0.1, 0.15) is 30.9 Å². The van der Waals surface area contributed by atoms with E-state index in [0.29, 0.717) is 12.5 Å². The Labute approximate surface area is 145 Å². The third kappa shape index (κ3) is 5.34. The van der Waals surface area contributed by atoms with Gasteiger partial charge in [-0.2, -0.15) is 0 Å². The first kappa shape index (κ1) is 18.5. The van der Waals surface area contributed by atoms with Gasteiger partial charge in [-0.1, -0.05) is 19.1 Å². The van der Waals surface area contributed by atoms with Crippen molar-refractivity contribution in [1.29, 1.82) is 0 Å². The van der Waals surface area contributed by atoms with Gasteiger partial charge < -0.3 is 10.2 Å². The number of benzene rings is 1. The zero-order valence-corrected chi connectivity index (χ0v) is 15.3. The third-order valence-corrected chi connectivity index (χ3v) is 4.57. The van der Waals surface area contributed by atoms with Crippen molar-refractivity contribution in [1.82, 2.24) is 9.80 Å². The molecule has 1 N–H and O–H groups in total. The van der Waals surface area contributed by atoms with Crippen molar-refractivity contribution in [3.05, 3.63) is 29.3 Å². The number of hydrogen-bond donors (Lipinski definition) is 1. The molecule has 0 bridgehead atoms. The van der Waals surface area contributed by atoms with Crippen LogP contribution >= 0.6 is 0 Å². The second-order valence-electron chi connectivity index (χ2n) is 7.10. The third-order valence-electron chi connectivity index (χ3n) is 4.57. The summed E-state index contributed by atoms with van der Waals surface area (Å²) in [5, 5.41) is 2.90. The summed E-state index contributed by atoms with van der Waals surface area (Å²) in [6.07, 6.45) is 2.38. The smallest absolute Gasteiger partial charge is 0.243 e. The zero-order valence-electron chi connectivity index (χ0n) is 15.3. The highest BCUT2D eigenvalue weighted by atomic mass is 16.2. The van der Waals surface area contributed by atoms with E-state index < -0.39 is 0 Å². The number of piperidine rings is 1. The molecule has 0 radical (unpaired) electrons. The summed E-state index contributed by atoms with van der Waals surface area (Å²) in [5.41, 5.74) is 2.93. The minimum atomic E-state index is -0.161. The van der Waals surface area contributed by atoms with Crippen LogP contribution in [-0.2, 0) is 9.59 Å². The number of aryl methyl sites for hydroxylation is 2. The Hall–Kier alpha value is -1.88. The van der Waals surface area contributed by atoms with Crippen molar-refractivity contribution in [2.75, 3.05) is 38.5 Å². The van der Waals surface area contributed by atoms with E-state index in [1.54, 1.807) is 7.05 Å². The number of amides is 2. The lowest BCUT2D eigenvalue weighted by molar-refractivity contribution is -0.134. The van der Waals surface area contributed by atoms with Gasteiger partial charge in [0.05, 0.1) is 13.1 Å². The van der Waals surface area contributed by atoms with Gasteiger partial charge >= 0.3 is 0 Å². The van der Waals surface area contributed by atoms with Crippen LogP contribution < -0.4 is 5.32 Å². The molecule has 1 fully saturated rings. The molecule has 0 aromatic heterocycles. The lowest BCUT2D eigenvalue weighted by Gasteiger charge is -2.31. The normalized spacial score (nSPS) is 18.2. The molecule has 5 heteroatoms. The summed E-state index contributed by atoms with van der Waals surface area (Å²) >= 11 is 0. The molecule has 1 heterocycles. The molecule has 0 unspecified atom stereocenters. The Morgan fingerprint density at radius 2 is 2.08 bits per heavy atom. The van der Waals surface area contributed by atoms with E-state index in [1.165, 1.54) is 11.3 Å². The van der Waals surface area contributed by atoms with E-state index in [-0.39, 0.29) is 18.4 Å². The molecule has 0 spiro atoms. The molecule has 1 aliphatic heterocycles. The van der Waals surface area contributed by atoms with Crippen LogP contribution in [0.5, 0.6) is 0 Å². The molecule has 2 rings (SSSR count). The second kappa shape index (κ2) is 8.29. The first-order valence-electron chi connectivity index (χ1n) is 8.68. The first-order chi connectivity index (χ1) is 11.3. The number of anilines is 1.